The summed E-state index contributed by atoms with van der Waals surface area (Å²) in [6, 6.07) is 0. The van der Waals surface area contributed by atoms with Gasteiger partial charge < -0.3 is 65.7 Å². The van der Waals surface area contributed by atoms with E-state index in [-0.39, 0.29) is 60.8 Å². The number of carbonyl (C=O) groups is 2. The lowest BCUT2D eigenvalue weighted by molar-refractivity contribution is -0.320. The molecule has 0 saturated carbocycles. The average Bonchev–Trinajstić information content (AvgIpc) is 3.60. The normalized spacial score (nSPS) is 41.7. The van der Waals surface area contributed by atoms with E-state index in [4.69, 9.17) is 65.7 Å². The van der Waals surface area contributed by atoms with Crippen LogP contribution in [0.25, 0.3) is 0 Å². The van der Waals surface area contributed by atoms with Crippen LogP contribution in [0.5, 0.6) is 0 Å². The molecule has 0 amide bonds. The van der Waals surface area contributed by atoms with E-state index in [0.717, 1.165) is 23.1 Å². The van der Waals surface area contributed by atoms with E-state index >= 15 is 4.79 Å². The molecule has 1 aliphatic carbocycles. The smallest absolute Gasteiger partial charge is 0.332 e. The Kier molecular flexibility index (Phi) is 21.3. The van der Waals surface area contributed by atoms with Gasteiger partial charge in [-0.2, -0.15) is 0 Å². The van der Waals surface area contributed by atoms with Crippen LogP contribution in [0, 0.1) is 23.7 Å². The minimum Gasteiger partial charge on any atom is -0.464 e. The van der Waals surface area contributed by atoms with Gasteiger partial charge in [0.25, 0.3) is 0 Å². The Morgan fingerprint density at radius 1 is 0.835 bits per heavy atom. The van der Waals surface area contributed by atoms with E-state index in [9.17, 15) is 4.79 Å². The van der Waals surface area contributed by atoms with Gasteiger partial charge in [-0.1, -0.05) is 91.3 Å². The van der Waals surface area contributed by atoms with Gasteiger partial charge in [0.15, 0.2) is 35.0 Å². The quantitative estimate of drug-likeness (QED) is 0.0814. The van der Waals surface area contributed by atoms with Crippen molar-refractivity contribution in [1.29, 1.82) is 0 Å². The summed E-state index contributed by atoms with van der Waals surface area (Å²) in [5.41, 5.74) is 1.59. The van der Waals surface area contributed by atoms with Crippen LogP contribution in [-0.2, 0) is 75.3 Å². The molecule has 7 rings (SSSR count). The summed E-state index contributed by atoms with van der Waals surface area (Å²) in [5.74, 6) is -2.43. The number of ether oxygens (including phenoxy) is 12. The SMILES string of the molecule is CCOC(=O)CO[C@H]1[C@H](C)O[C@@H](O[C@H]2[C@H](C)O[C@@H](O[C@@H]3/C(C)=C/C[C@@H]4C[C@@H](C[C@]5(C=C[C@H](C)[C@@H]([C@@H](C)CC)O5)O4)OC(=O)[C@@H]4C=C(C)[C@@H](O[Si](C)(C)C(C)(C)C)[C@H]5OC/C(=C\C=C\[C@@H]3C)[C@]54O[Si](C)(C)C)C[C@@H]2OC)C[C@@H]1OC. The zero-order valence-electron chi connectivity index (χ0n) is 51.3. The maximum absolute atomic E-state index is 15.5. The predicted octanol–water partition coefficient (Wildman–Crippen LogP) is 10.9. The van der Waals surface area contributed by atoms with Crippen molar-refractivity contribution in [3.63, 3.8) is 0 Å². The van der Waals surface area contributed by atoms with Crippen LogP contribution in [0.3, 0.4) is 0 Å². The molecule has 16 nitrogen and oxygen atoms in total. The van der Waals surface area contributed by atoms with Gasteiger partial charge in [-0.05, 0) is 108 Å². The van der Waals surface area contributed by atoms with Crippen LogP contribution in [0.15, 0.2) is 59.3 Å². The summed E-state index contributed by atoms with van der Waals surface area (Å²) in [6.07, 6.45) is 11.4. The van der Waals surface area contributed by atoms with Crippen LogP contribution in [0.2, 0.25) is 37.8 Å². The topological polar surface area (TPSA) is 163 Å². The Balaban J connectivity index is 1.23. The third kappa shape index (κ3) is 14.8. The Labute approximate surface area is 475 Å². The molecule has 0 aromatic carbocycles. The molecule has 0 radical (unpaired) electrons. The van der Waals surface area contributed by atoms with E-state index in [1.165, 1.54) is 0 Å². The first-order valence-electron chi connectivity index (χ1n) is 29.5. The fourth-order valence-electron chi connectivity index (χ4n) is 12.5. The highest BCUT2D eigenvalue weighted by atomic mass is 28.4. The second-order valence-corrected chi connectivity index (χ2v) is 35.3. The number of rotatable bonds is 16. The summed E-state index contributed by atoms with van der Waals surface area (Å²) < 4.78 is 92.8. The van der Waals surface area contributed by atoms with Crippen molar-refractivity contribution in [1.82, 2.24) is 0 Å². The Bertz CT molecular complexity index is 2230. The van der Waals surface area contributed by atoms with Gasteiger partial charge in [0.2, 0.25) is 0 Å². The van der Waals surface area contributed by atoms with Crippen molar-refractivity contribution in [2.24, 2.45) is 23.7 Å². The molecule has 6 heterocycles. The van der Waals surface area contributed by atoms with Crippen molar-refractivity contribution in [2.75, 3.05) is 34.0 Å². The molecule has 18 heteroatoms. The lowest BCUT2D eigenvalue weighted by Gasteiger charge is -2.51. The lowest BCUT2D eigenvalue weighted by Crippen LogP contribution is -2.64. The van der Waals surface area contributed by atoms with E-state index in [0.29, 0.717) is 32.1 Å². The number of esters is 2. The minimum atomic E-state index is -2.47. The second-order valence-electron chi connectivity index (χ2n) is 26.1. The zero-order chi connectivity index (χ0) is 58.0. The number of allylic oxidation sites excluding steroid dienone is 2. The molecule has 0 aromatic rings. The molecule has 0 aromatic heterocycles. The lowest BCUT2D eigenvalue weighted by atomic mass is 9.71. The van der Waals surface area contributed by atoms with Gasteiger partial charge in [-0.25, -0.2) is 4.79 Å². The molecule has 6 aliphatic heterocycles. The number of methoxy groups -OCH3 is 2. The maximum Gasteiger partial charge on any atom is 0.332 e. The monoisotopic (exact) mass is 1140 g/mol. The van der Waals surface area contributed by atoms with Gasteiger partial charge in [0.1, 0.15) is 42.5 Å². The van der Waals surface area contributed by atoms with E-state index in [1.807, 2.05) is 13.8 Å². The molecule has 7 aliphatic rings. The highest BCUT2D eigenvalue weighted by Gasteiger charge is 2.64. The average molecular weight is 1150 g/mol. The second kappa shape index (κ2) is 26.2. The van der Waals surface area contributed by atoms with Gasteiger partial charge >= 0.3 is 11.9 Å². The molecule has 20 atom stereocenters. The molecule has 0 unspecified atom stereocenters. The maximum atomic E-state index is 15.5. The summed E-state index contributed by atoms with van der Waals surface area (Å²) >= 11 is 0. The van der Waals surface area contributed by atoms with E-state index < -0.39 is 114 Å². The minimum absolute atomic E-state index is 0.0814. The summed E-state index contributed by atoms with van der Waals surface area (Å²) in [6.45, 7) is 36.6. The third-order valence-corrected chi connectivity index (χ3v) is 23.2. The first-order valence-corrected chi connectivity index (χ1v) is 35.8. The molecule has 1 spiro atoms. The molecule has 4 saturated heterocycles. The van der Waals surface area contributed by atoms with Crippen molar-refractivity contribution in [3.05, 3.63) is 59.3 Å². The predicted molar refractivity (Wildman–Crippen MR) is 306 cm³/mol. The number of carbonyl (C=O) groups excluding carboxylic acids is 2. The molecular weight excluding hydrogens is 1040 g/mol. The van der Waals surface area contributed by atoms with Crippen LogP contribution in [-0.4, -0.2) is 160 Å². The first-order chi connectivity index (χ1) is 37.1. The molecular formula is C61H100O16Si2. The fraction of sp³-hybridized carbons (Fsp3) is 0.803. The largest absolute Gasteiger partial charge is 0.464 e. The fourth-order valence-corrected chi connectivity index (χ4v) is 15.1. The highest BCUT2D eigenvalue weighted by molar-refractivity contribution is 6.74. The highest BCUT2D eigenvalue weighted by Crippen LogP contribution is 2.53. The van der Waals surface area contributed by atoms with Crippen molar-refractivity contribution in [3.8, 4) is 0 Å². The summed E-state index contributed by atoms with van der Waals surface area (Å²) in [7, 11) is -1.56. The van der Waals surface area contributed by atoms with Gasteiger partial charge in [-0.15, -0.1) is 0 Å². The van der Waals surface area contributed by atoms with Crippen molar-refractivity contribution in [2.45, 2.75) is 257 Å². The number of hydrogen-bond acceptors (Lipinski definition) is 16. The van der Waals surface area contributed by atoms with Crippen LogP contribution in [0.4, 0.5) is 0 Å². The molecule has 2 bridgehead atoms. The third-order valence-electron chi connectivity index (χ3n) is 17.8. The Morgan fingerprint density at radius 2 is 1.49 bits per heavy atom. The molecule has 79 heavy (non-hydrogen) atoms. The Morgan fingerprint density at radius 3 is 2.13 bits per heavy atom. The van der Waals surface area contributed by atoms with Crippen molar-refractivity contribution >= 4 is 28.6 Å². The first kappa shape index (κ1) is 64.2. The molecule has 4 fully saturated rings. The standard InChI is InChI=1S/C61H100O16Si2/c1-20-36(3)53-39(6)27-28-60(75-53)33-45-30-44(74-60)26-25-38(5)52(72-50-32-48(65-14)56(42(9)70-50)73-51-31-47(64-13)55(41(8)69-51)67-35-49(62)66-21-2)37(4)23-22-24-43-34-68-57-54(76-79(18,19)59(10,11)12)40(7)29-46(58(63)71-45)61(43,57)77-78(15,16)17/h22-25,27-29,36-37,39,41-42,44-48,50-57H,20-21,26,30-35H2,1-19H3/b23-22+,38-25+,43-24+/t36-,37-,39-,41-,42-,44+,45-,46-,47-,48-,50-,51-,52-,53+,54+,55-,56-,57+,60+,61+/m0/s1. The van der Waals surface area contributed by atoms with Crippen LogP contribution >= 0.6 is 0 Å². The Hall–Kier alpha value is -2.41. The zero-order valence-corrected chi connectivity index (χ0v) is 53.3. The van der Waals surface area contributed by atoms with E-state index in [1.54, 1.807) is 21.1 Å². The van der Waals surface area contributed by atoms with Gasteiger partial charge in [0.05, 0.1) is 62.0 Å². The van der Waals surface area contributed by atoms with Crippen LogP contribution in [0.1, 0.15) is 122 Å². The molecule has 0 N–H and O–H groups in total. The van der Waals surface area contributed by atoms with E-state index in [2.05, 4.69) is 138 Å². The number of fused-ring (bicyclic) bond motifs is 2. The summed E-state index contributed by atoms with van der Waals surface area (Å²) in [5, 5.41) is -0.0814. The summed E-state index contributed by atoms with van der Waals surface area (Å²) in [4.78, 5) is 27.6. The van der Waals surface area contributed by atoms with Crippen molar-refractivity contribution < 1.29 is 75.3 Å². The van der Waals surface area contributed by atoms with Gasteiger partial charge in [0, 0.05) is 51.7 Å². The number of hydrogen-bond donors (Lipinski definition) is 0. The molecule has 448 valence electrons. The van der Waals surface area contributed by atoms with Gasteiger partial charge in [-0.3, -0.25) is 4.79 Å². The van der Waals surface area contributed by atoms with Crippen LogP contribution < -0.4 is 0 Å².